The minimum atomic E-state index is 0.0705. The zero-order chi connectivity index (χ0) is 17.2. The van der Waals surface area contributed by atoms with Crippen LogP contribution in [0.15, 0.2) is 30.7 Å². The van der Waals surface area contributed by atoms with E-state index >= 15 is 0 Å². The molecule has 25 heavy (non-hydrogen) atoms. The van der Waals surface area contributed by atoms with Crippen molar-refractivity contribution in [1.29, 1.82) is 0 Å². The number of carbonyl (C=O) groups excluding carboxylic acids is 1. The van der Waals surface area contributed by atoms with E-state index in [0.29, 0.717) is 11.4 Å². The number of imidazole rings is 1. The van der Waals surface area contributed by atoms with Crippen molar-refractivity contribution in [2.75, 3.05) is 6.54 Å². The molecule has 2 aliphatic rings. The molecule has 1 aliphatic carbocycles. The Morgan fingerprint density at radius 1 is 1.24 bits per heavy atom. The smallest absolute Gasteiger partial charge is 0.254 e. The van der Waals surface area contributed by atoms with Crippen molar-refractivity contribution in [2.24, 2.45) is 0 Å². The fourth-order valence-corrected chi connectivity index (χ4v) is 3.55. The summed E-state index contributed by atoms with van der Waals surface area (Å²) in [5.41, 5.74) is 0.665. The second kappa shape index (κ2) is 6.86. The van der Waals surface area contributed by atoms with E-state index in [9.17, 15) is 4.79 Å². The van der Waals surface area contributed by atoms with Crippen LogP contribution in [0.2, 0.25) is 0 Å². The Kier molecular flexibility index (Phi) is 4.42. The highest BCUT2D eigenvalue weighted by Crippen LogP contribution is 2.26. The van der Waals surface area contributed by atoms with Crippen LogP contribution in [0.4, 0.5) is 0 Å². The fraction of sp³-hybridized carbons (Fsp3) is 0.526. The first-order chi connectivity index (χ1) is 12.2. The summed E-state index contributed by atoms with van der Waals surface area (Å²) in [6.07, 6.45) is 11.2. The molecule has 1 atom stereocenters. The molecular formula is C19H24N4O2. The molecule has 4 rings (SSSR count). The molecule has 1 saturated carbocycles. The zero-order valence-electron chi connectivity index (χ0n) is 14.6. The number of aromatic nitrogens is 3. The van der Waals surface area contributed by atoms with Crippen LogP contribution >= 0.6 is 0 Å². The summed E-state index contributed by atoms with van der Waals surface area (Å²) in [5.74, 6) is 1.62. The molecule has 0 N–H and O–H groups in total. The van der Waals surface area contributed by atoms with E-state index in [-0.39, 0.29) is 18.1 Å². The lowest BCUT2D eigenvalue weighted by Crippen LogP contribution is -2.38. The predicted octanol–water partition coefficient (Wildman–Crippen LogP) is 2.82. The van der Waals surface area contributed by atoms with Crippen molar-refractivity contribution >= 4 is 5.91 Å². The summed E-state index contributed by atoms with van der Waals surface area (Å²) >= 11 is 0. The van der Waals surface area contributed by atoms with Crippen LogP contribution in [-0.2, 0) is 6.54 Å². The van der Waals surface area contributed by atoms with Gasteiger partial charge in [0.05, 0.1) is 6.04 Å². The Bertz CT molecular complexity index is 753. The van der Waals surface area contributed by atoms with E-state index < -0.39 is 0 Å². The van der Waals surface area contributed by atoms with E-state index in [0.717, 1.165) is 44.6 Å². The molecule has 2 aromatic heterocycles. The molecule has 6 heteroatoms. The number of hydrogen-bond acceptors (Lipinski definition) is 4. The van der Waals surface area contributed by atoms with E-state index in [4.69, 9.17) is 4.74 Å². The SMILES string of the molecule is Cc1nccn1CC1CCCN1C(=O)c1ccnc(OC2CCC2)c1. The average Bonchev–Trinajstić information content (AvgIpc) is 3.21. The number of aryl methyl sites for hydroxylation is 1. The molecule has 132 valence electrons. The van der Waals surface area contributed by atoms with Crippen molar-refractivity contribution < 1.29 is 9.53 Å². The van der Waals surface area contributed by atoms with Crippen molar-refractivity contribution in [3.63, 3.8) is 0 Å². The van der Waals surface area contributed by atoms with Gasteiger partial charge in [-0.3, -0.25) is 4.79 Å². The highest BCUT2D eigenvalue weighted by molar-refractivity contribution is 5.94. The minimum absolute atomic E-state index is 0.0705. The Morgan fingerprint density at radius 3 is 2.84 bits per heavy atom. The number of nitrogens with zero attached hydrogens (tertiary/aromatic N) is 4. The molecule has 2 aromatic rings. The molecule has 0 aromatic carbocycles. The molecule has 0 radical (unpaired) electrons. The van der Waals surface area contributed by atoms with Gasteiger partial charge in [0.2, 0.25) is 5.88 Å². The van der Waals surface area contributed by atoms with Crippen molar-refractivity contribution in [3.8, 4) is 5.88 Å². The van der Waals surface area contributed by atoms with E-state index in [2.05, 4.69) is 14.5 Å². The second-order valence-electron chi connectivity index (χ2n) is 6.97. The summed E-state index contributed by atoms with van der Waals surface area (Å²) in [6.45, 7) is 3.60. The van der Waals surface area contributed by atoms with Gasteiger partial charge in [0.1, 0.15) is 11.9 Å². The quantitative estimate of drug-likeness (QED) is 0.840. The van der Waals surface area contributed by atoms with Crippen LogP contribution in [0.1, 0.15) is 48.3 Å². The number of likely N-dealkylation sites (tertiary alicyclic amines) is 1. The fourth-order valence-electron chi connectivity index (χ4n) is 3.55. The van der Waals surface area contributed by atoms with Crippen LogP contribution < -0.4 is 4.74 Å². The van der Waals surface area contributed by atoms with E-state index in [1.165, 1.54) is 6.42 Å². The van der Waals surface area contributed by atoms with Crippen molar-refractivity contribution in [3.05, 3.63) is 42.1 Å². The second-order valence-corrected chi connectivity index (χ2v) is 6.97. The Balaban J connectivity index is 1.47. The molecule has 6 nitrogen and oxygen atoms in total. The standard InChI is InChI=1S/C19H24N4O2/c1-14-20-9-11-22(14)13-16-4-3-10-23(16)19(24)15-7-8-21-18(12-15)25-17-5-2-6-17/h7-9,11-12,16-17H,2-6,10,13H2,1H3. The van der Waals surface area contributed by atoms with Gasteiger partial charge in [-0.2, -0.15) is 0 Å². The minimum Gasteiger partial charge on any atom is -0.474 e. The third kappa shape index (κ3) is 3.38. The predicted molar refractivity (Wildman–Crippen MR) is 93.5 cm³/mol. The van der Waals surface area contributed by atoms with Gasteiger partial charge in [-0.15, -0.1) is 0 Å². The monoisotopic (exact) mass is 340 g/mol. The molecule has 0 spiro atoms. The van der Waals surface area contributed by atoms with Crippen LogP contribution in [-0.4, -0.2) is 44.0 Å². The average molecular weight is 340 g/mol. The lowest BCUT2D eigenvalue weighted by atomic mass is 9.96. The van der Waals surface area contributed by atoms with Crippen LogP contribution in [0, 0.1) is 6.92 Å². The van der Waals surface area contributed by atoms with Gasteiger partial charge >= 0.3 is 0 Å². The van der Waals surface area contributed by atoms with Gasteiger partial charge in [0, 0.05) is 43.3 Å². The number of hydrogen-bond donors (Lipinski definition) is 0. The van der Waals surface area contributed by atoms with Gasteiger partial charge in [-0.1, -0.05) is 0 Å². The summed E-state index contributed by atoms with van der Waals surface area (Å²) in [5, 5.41) is 0. The first-order valence-electron chi connectivity index (χ1n) is 9.12. The number of rotatable bonds is 5. The van der Waals surface area contributed by atoms with Gasteiger partial charge in [0.15, 0.2) is 0 Å². The number of ether oxygens (including phenoxy) is 1. The topological polar surface area (TPSA) is 60.2 Å². The van der Waals surface area contributed by atoms with E-state index in [1.807, 2.05) is 24.2 Å². The molecule has 1 saturated heterocycles. The summed E-state index contributed by atoms with van der Waals surface area (Å²) in [6, 6.07) is 3.79. The summed E-state index contributed by atoms with van der Waals surface area (Å²) in [4.78, 5) is 23.5. The molecule has 0 bridgehead atoms. The van der Waals surface area contributed by atoms with Gasteiger partial charge in [-0.05, 0) is 45.1 Å². The van der Waals surface area contributed by atoms with Gasteiger partial charge in [0.25, 0.3) is 5.91 Å². The Morgan fingerprint density at radius 2 is 2.12 bits per heavy atom. The van der Waals surface area contributed by atoms with Gasteiger partial charge in [-0.25, -0.2) is 9.97 Å². The normalized spacial score (nSPS) is 20.5. The zero-order valence-corrected chi connectivity index (χ0v) is 14.6. The summed E-state index contributed by atoms with van der Waals surface area (Å²) in [7, 11) is 0. The van der Waals surface area contributed by atoms with E-state index in [1.54, 1.807) is 18.3 Å². The van der Waals surface area contributed by atoms with Crippen LogP contribution in [0.25, 0.3) is 0 Å². The lowest BCUT2D eigenvalue weighted by molar-refractivity contribution is 0.0721. The Hall–Kier alpha value is -2.37. The van der Waals surface area contributed by atoms with Crippen LogP contribution in [0.5, 0.6) is 5.88 Å². The largest absolute Gasteiger partial charge is 0.474 e. The highest BCUT2D eigenvalue weighted by atomic mass is 16.5. The number of amides is 1. The maximum Gasteiger partial charge on any atom is 0.254 e. The lowest BCUT2D eigenvalue weighted by Gasteiger charge is -2.27. The number of pyridine rings is 1. The molecule has 1 amide bonds. The number of carbonyl (C=O) groups is 1. The summed E-state index contributed by atoms with van der Waals surface area (Å²) < 4.78 is 7.96. The third-order valence-electron chi connectivity index (χ3n) is 5.29. The van der Waals surface area contributed by atoms with Crippen LogP contribution in [0.3, 0.4) is 0 Å². The van der Waals surface area contributed by atoms with Crippen molar-refractivity contribution in [2.45, 2.75) is 57.7 Å². The first-order valence-corrected chi connectivity index (χ1v) is 9.12. The molecule has 3 heterocycles. The molecular weight excluding hydrogens is 316 g/mol. The maximum atomic E-state index is 13.0. The Labute approximate surface area is 147 Å². The maximum absolute atomic E-state index is 13.0. The third-order valence-corrected chi connectivity index (χ3v) is 5.29. The molecule has 1 unspecified atom stereocenters. The molecule has 1 aliphatic heterocycles. The first kappa shape index (κ1) is 16.1. The highest BCUT2D eigenvalue weighted by Gasteiger charge is 2.30. The van der Waals surface area contributed by atoms with Crippen molar-refractivity contribution in [1.82, 2.24) is 19.4 Å². The van der Waals surface area contributed by atoms with Gasteiger partial charge < -0.3 is 14.2 Å². The molecule has 2 fully saturated rings.